The van der Waals surface area contributed by atoms with Gasteiger partial charge in [0.1, 0.15) is 23.2 Å². The molecule has 2 atom stereocenters. The number of imide groups is 1. The van der Waals surface area contributed by atoms with Crippen LogP contribution >= 0.6 is 22.9 Å². The summed E-state index contributed by atoms with van der Waals surface area (Å²) in [6.07, 6.45) is 6.68. The maximum Gasteiger partial charge on any atom is 0.263 e. The highest BCUT2D eigenvalue weighted by atomic mass is 35.5. The number of thiophene rings is 1. The lowest BCUT2D eigenvalue weighted by molar-refractivity contribution is -0.111. The molecule has 2 amide bonds. The second-order valence-electron chi connectivity index (χ2n) is 13.1. The Balaban J connectivity index is 1.04. The summed E-state index contributed by atoms with van der Waals surface area (Å²) in [4.78, 5) is 45.4. The Hall–Kier alpha value is -5.66. The number of unbranched alkanes of at least 4 members (excludes halogenated alkanes) is 1. The summed E-state index contributed by atoms with van der Waals surface area (Å²) in [7, 11) is 1.82. The fourth-order valence-electron chi connectivity index (χ4n) is 6.72. The normalized spacial score (nSPS) is 14.9. The van der Waals surface area contributed by atoms with Gasteiger partial charge in [-0.05, 0) is 83.5 Å². The molecule has 5 heterocycles. The van der Waals surface area contributed by atoms with Crippen LogP contribution < -0.4 is 5.32 Å². The summed E-state index contributed by atoms with van der Waals surface area (Å²) in [5, 5.41) is 18.0. The number of fused-ring (bicyclic) bond motifs is 4. The average Bonchev–Trinajstić information content (AvgIpc) is 3.91. The molecule has 11 nitrogen and oxygen atoms in total. The third kappa shape index (κ3) is 7.04. The molecule has 1 N–H and O–H groups in total. The highest BCUT2D eigenvalue weighted by Crippen LogP contribution is 2.39. The maximum absolute atomic E-state index is 13.3. The van der Waals surface area contributed by atoms with Gasteiger partial charge in [0, 0.05) is 40.9 Å². The first-order valence-electron chi connectivity index (χ1n) is 17.7. The van der Waals surface area contributed by atoms with Gasteiger partial charge in [-0.15, -0.1) is 21.5 Å². The first-order chi connectivity index (χ1) is 26.2. The number of nitrogens with one attached hydrogen (secondary N) is 1. The monoisotopic (exact) mass is 756 g/mol. The molecule has 1 unspecified atom stereocenters. The van der Waals surface area contributed by atoms with Gasteiger partial charge in [0.05, 0.1) is 39.5 Å². The van der Waals surface area contributed by atoms with Crippen LogP contribution in [0.15, 0.2) is 59.9 Å². The molecule has 0 spiro atoms. The van der Waals surface area contributed by atoms with Crippen molar-refractivity contribution < 1.29 is 14.4 Å². The van der Waals surface area contributed by atoms with Crippen LogP contribution in [-0.2, 0) is 11.3 Å². The fraction of sp³-hybridized carbons (Fsp3) is 0.293. The van der Waals surface area contributed by atoms with Crippen LogP contribution in [0.4, 0.5) is 0 Å². The van der Waals surface area contributed by atoms with E-state index in [1.807, 2.05) is 56.0 Å². The van der Waals surface area contributed by atoms with Gasteiger partial charge in [0.15, 0.2) is 5.82 Å². The average molecular weight is 757 g/mol. The quantitative estimate of drug-likeness (QED) is 0.0790. The van der Waals surface area contributed by atoms with Crippen LogP contribution in [0.1, 0.15) is 104 Å². The zero-order valence-electron chi connectivity index (χ0n) is 30.3. The lowest BCUT2D eigenvalue weighted by Gasteiger charge is -2.21. The van der Waals surface area contributed by atoms with Crippen LogP contribution in [0.2, 0.25) is 5.02 Å². The number of carbonyl (C=O) groups is 3. The van der Waals surface area contributed by atoms with Crippen molar-refractivity contribution in [3.63, 3.8) is 0 Å². The van der Waals surface area contributed by atoms with Crippen LogP contribution in [0.3, 0.4) is 0 Å². The van der Waals surface area contributed by atoms with E-state index in [1.54, 1.807) is 35.7 Å². The molecule has 0 radical (unpaired) electrons. The third-order valence-corrected chi connectivity index (χ3v) is 10.9. The SMILES string of the molecule is CNCCCC(C=O)N1C(=O)c2cccc(C#CCCCn3cc(C#Cc4sc5c(c4C)C(c4ccc(Cl)cc4)=N[C@@H](C)c4nnc(C)n4-5)cn3)c2C1=O. The number of benzene rings is 2. The molecule has 0 fully saturated rings. The van der Waals surface area contributed by atoms with Crippen molar-refractivity contribution >= 4 is 46.7 Å². The van der Waals surface area contributed by atoms with Gasteiger partial charge in [-0.25, -0.2) is 0 Å². The molecule has 13 heteroatoms. The lowest BCUT2D eigenvalue weighted by atomic mass is 9.99. The van der Waals surface area contributed by atoms with E-state index in [0.29, 0.717) is 49.2 Å². The second-order valence-corrected chi connectivity index (χ2v) is 14.6. The second kappa shape index (κ2) is 15.7. The Morgan fingerprint density at radius 1 is 1.02 bits per heavy atom. The molecule has 7 rings (SSSR count). The molecule has 3 aromatic heterocycles. The van der Waals surface area contributed by atoms with Crippen molar-refractivity contribution in [1.82, 2.24) is 34.8 Å². The van der Waals surface area contributed by atoms with Crippen molar-refractivity contribution in [2.24, 2.45) is 4.99 Å². The first kappa shape index (κ1) is 36.7. The number of carbonyl (C=O) groups excluding carboxylic acids is 3. The minimum Gasteiger partial charge on any atom is -0.320 e. The highest BCUT2D eigenvalue weighted by molar-refractivity contribution is 7.15. The summed E-state index contributed by atoms with van der Waals surface area (Å²) in [6.45, 7) is 7.36. The van der Waals surface area contributed by atoms with Crippen molar-refractivity contribution in [3.8, 4) is 28.7 Å². The van der Waals surface area contributed by atoms with Crippen molar-refractivity contribution in [3.05, 3.63) is 115 Å². The van der Waals surface area contributed by atoms with E-state index in [2.05, 4.69) is 55.8 Å². The van der Waals surface area contributed by atoms with Crippen LogP contribution in [0, 0.1) is 37.5 Å². The van der Waals surface area contributed by atoms with E-state index in [4.69, 9.17) is 16.6 Å². The highest BCUT2D eigenvalue weighted by Gasteiger charge is 2.41. The van der Waals surface area contributed by atoms with Gasteiger partial charge in [-0.3, -0.25) is 28.7 Å². The Morgan fingerprint density at radius 3 is 2.61 bits per heavy atom. The Bertz CT molecular complexity index is 2440. The van der Waals surface area contributed by atoms with Gasteiger partial charge in [0.25, 0.3) is 11.8 Å². The predicted octanol–water partition coefficient (Wildman–Crippen LogP) is 6.10. The zero-order chi connectivity index (χ0) is 37.9. The van der Waals surface area contributed by atoms with E-state index < -0.39 is 17.9 Å². The zero-order valence-corrected chi connectivity index (χ0v) is 31.9. The summed E-state index contributed by atoms with van der Waals surface area (Å²) in [5.41, 5.74) is 5.72. The number of aldehydes is 1. The lowest BCUT2D eigenvalue weighted by Crippen LogP contribution is -2.41. The molecule has 0 aliphatic carbocycles. The number of aromatic nitrogens is 5. The molecule has 0 saturated carbocycles. The molecule has 2 aromatic carbocycles. The number of rotatable bonds is 10. The standard InChI is InChI=1S/C41H37ClN8O3S/c1-25-34(54-41-35(25)37(30-15-17-31(42)18-16-30)45-26(2)38-47-46-27(3)49(38)41)19-14-28-22-44-48(23-28)21-7-5-6-10-29-11-8-13-33-36(29)40(53)50(39(33)52)32(24-51)12-9-20-43-4/h8,11,13,15-18,22-24,26,32,43H,5,7,9,12,20-21H2,1-4H3/t26-,32?/m0/s1. The largest absolute Gasteiger partial charge is 0.320 e. The van der Waals surface area contributed by atoms with E-state index >= 15 is 0 Å². The molecule has 54 heavy (non-hydrogen) atoms. The molecule has 0 bridgehead atoms. The first-order valence-corrected chi connectivity index (χ1v) is 18.9. The molecule has 2 aliphatic heterocycles. The summed E-state index contributed by atoms with van der Waals surface area (Å²) in [6, 6.07) is 11.8. The van der Waals surface area contributed by atoms with Crippen LogP contribution in [0.25, 0.3) is 5.00 Å². The van der Waals surface area contributed by atoms with Crippen LogP contribution in [0.5, 0.6) is 0 Å². The van der Waals surface area contributed by atoms with Crippen molar-refractivity contribution in [2.45, 2.75) is 65.1 Å². The van der Waals surface area contributed by atoms with E-state index in [1.165, 1.54) is 0 Å². The van der Waals surface area contributed by atoms with Gasteiger partial charge < -0.3 is 10.1 Å². The van der Waals surface area contributed by atoms with Gasteiger partial charge in [0.2, 0.25) is 0 Å². The summed E-state index contributed by atoms with van der Waals surface area (Å²) in [5.74, 6) is 13.6. The minimum atomic E-state index is -0.807. The number of aliphatic imine (C=N–C) groups is 1. The summed E-state index contributed by atoms with van der Waals surface area (Å²) < 4.78 is 3.93. The van der Waals surface area contributed by atoms with Crippen molar-refractivity contribution in [2.75, 3.05) is 13.6 Å². The van der Waals surface area contributed by atoms with E-state index in [-0.39, 0.29) is 17.2 Å². The number of hydrogen-bond donors (Lipinski definition) is 1. The maximum atomic E-state index is 13.3. The smallest absolute Gasteiger partial charge is 0.263 e. The Kier molecular flexibility index (Phi) is 10.7. The summed E-state index contributed by atoms with van der Waals surface area (Å²) >= 11 is 7.82. The number of hydrogen-bond acceptors (Lipinski definition) is 9. The molecule has 2 aliphatic rings. The van der Waals surface area contributed by atoms with Gasteiger partial charge in [-0.1, -0.05) is 53.5 Å². The number of amides is 2. The molecule has 5 aromatic rings. The van der Waals surface area contributed by atoms with E-state index in [0.717, 1.165) is 60.8 Å². The molecule has 0 saturated heterocycles. The van der Waals surface area contributed by atoms with Crippen LogP contribution in [-0.4, -0.2) is 72.9 Å². The minimum absolute atomic E-state index is 0.192. The topological polar surface area (TPSA) is 127 Å². The predicted molar refractivity (Wildman–Crippen MR) is 208 cm³/mol. The Labute approximate surface area is 322 Å². The number of aryl methyl sites for hydroxylation is 2. The van der Waals surface area contributed by atoms with Gasteiger partial charge >= 0.3 is 0 Å². The third-order valence-electron chi connectivity index (χ3n) is 9.46. The van der Waals surface area contributed by atoms with Gasteiger partial charge in [-0.2, -0.15) is 5.10 Å². The number of halogens is 1. The molecule has 272 valence electrons. The Morgan fingerprint density at radius 2 is 1.83 bits per heavy atom. The number of nitrogens with zero attached hydrogens (tertiary/aromatic N) is 7. The fourth-order valence-corrected chi connectivity index (χ4v) is 8.06. The van der Waals surface area contributed by atoms with Crippen molar-refractivity contribution in [1.29, 1.82) is 0 Å². The molecular weight excluding hydrogens is 720 g/mol. The van der Waals surface area contributed by atoms with E-state index in [9.17, 15) is 14.4 Å². The molecular formula is C41H37ClN8O3S.